The lowest BCUT2D eigenvalue weighted by atomic mass is 9.98. The van der Waals surface area contributed by atoms with Gasteiger partial charge in [-0.15, -0.1) is 0 Å². The minimum atomic E-state index is -1.08. The molecule has 35 heavy (non-hydrogen) atoms. The smallest absolute Gasteiger partial charge is 0.407 e. The number of benzene rings is 2. The summed E-state index contributed by atoms with van der Waals surface area (Å²) in [6.07, 6.45) is -0.143. The SMILES string of the molecule is CC(CCNC(=O)OCC1c2ccccc2-c2ccccc21)C(=O)N1CCN(CC(=O)O)C(=O)C1. The van der Waals surface area contributed by atoms with E-state index in [1.54, 1.807) is 6.92 Å². The molecular formula is C26H29N3O6. The second-order valence-corrected chi connectivity index (χ2v) is 8.91. The van der Waals surface area contributed by atoms with Gasteiger partial charge in [0, 0.05) is 31.5 Å². The van der Waals surface area contributed by atoms with Crippen molar-refractivity contribution in [3.63, 3.8) is 0 Å². The number of amides is 3. The second kappa shape index (κ2) is 10.6. The molecule has 1 aliphatic heterocycles. The first-order chi connectivity index (χ1) is 16.8. The number of carboxylic acid groups (broad SMARTS) is 1. The maximum atomic E-state index is 12.7. The number of nitrogens with zero attached hydrogens (tertiary/aromatic N) is 2. The summed E-state index contributed by atoms with van der Waals surface area (Å²) in [5.74, 6) is -2.07. The summed E-state index contributed by atoms with van der Waals surface area (Å²) in [5, 5.41) is 11.6. The highest BCUT2D eigenvalue weighted by molar-refractivity contribution is 5.88. The van der Waals surface area contributed by atoms with Crippen LogP contribution in [0, 0.1) is 5.92 Å². The van der Waals surface area contributed by atoms with Crippen molar-refractivity contribution in [3.8, 4) is 11.1 Å². The number of aliphatic carboxylic acids is 1. The first-order valence-electron chi connectivity index (χ1n) is 11.7. The zero-order valence-electron chi connectivity index (χ0n) is 19.6. The largest absolute Gasteiger partial charge is 0.480 e. The molecule has 1 atom stereocenters. The Labute approximate surface area is 203 Å². The number of hydrogen-bond donors (Lipinski definition) is 2. The van der Waals surface area contributed by atoms with Crippen LogP contribution in [-0.4, -0.2) is 78.1 Å². The molecule has 0 aromatic heterocycles. The lowest BCUT2D eigenvalue weighted by Crippen LogP contribution is -2.54. The van der Waals surface area contributed by atoms with Crippen molar-refractivity contribution in [1.29, 1.82) is 0 Å². The first-order valence-corrected chi connectivity index (χ1v) is 11.7. The fraction of sp³-hybridized carbons (Fsp3) is 0.385. The summed E-state index contributed by atoms with van der Waals surface area (Å²) in [6, 6.07) is 16.2. The highest BCUT2D eigenvalue weighted by Crippen LogP contribution is 2.44. The van der Waals surface area contributed by atoms with Crippen molar-refractivity contribution in [1.82, 2.24) is 15.1 Å². The van der Waals surface area contributed by atoms with Gasteiger partial charge in [-0.2, -0.15) is 0 Å². The standard InChI is InChI=1S/C26H29N3O6/c1-17(25(33)29-13-12-28(15-24(31)32)23(30)14-29)10-11-27-26(34)35-16-22-20-8-4-2-6-18(20)19-7-3-5-9-21(19)22/h2-9,17,22H,10-16H2,1H3,(H,27,34)(H,31,32). The number of carbonyl (C=O) groups excluding carboxylic acids is 3. The molecule has 9 heteroatoms. The van der Waals surface area contributed by atoms with Crippen LogP contribution in [-0.2, 0) is 19.1 Å². The highest BCUT2D eigenvalue weighted by Gasteiger charge is 2.31. The van der Waals surface area contributed by atoms with E-state index in [0.717, 1.165) is 22.3 Å². The average molecular weight is 480 g/mol. The van der Waals surface area contributed by atoms with Gasteiger partial charge in [-0.3, -0.25) is 14.4 Å². The molecule has 0 radical (unpaired) electrons. The van der Waals surface area contributed by atoms with E-state index in [4.69, 9.17) is 9.84 Å². The van der Waals surface area contributed by atoms with Crippen LogP contribution in [0.2, 0.25) is 0 Å². The molecule has 0 bridgehead atoms. The number of carbonyl (C=O) groups is 4. The molecule has 1 heterocycles. The summed E-state index contributed by atoms with van der Waals surface area (Å²) < 4.78 is 5.51. The predicted octanol–water partition coefficient (Wildman–Crippen LogP) is 2.31. The average Bonchev–Trinajstić information content (AvgIpc) is 3.17. The van der Waals surface area contributed by atoms with E-state index in [0.29, 0.717) is 13.0 Å². The summed E-state index contributed by atoms with van der Waals surface area (Å²) in [4.78, 5) is 50.6. The van der Waals surface area contributed by atoms with Crippen LogP contribution in [0.1, 0.15) is 30.4 Å². The molecule has 1 unspecified atom stereocenters. The van der Waals surface area contributed by atoms with Crippen molar-refractivity contribution in [2.45, 2.75) is 19.3 Å². The molecular weight excluding hydrogens is 450 g/mol. The molecule has 0 saturated carbocycles. The van der Waals surface area contributed by atoms with E-state index in [1.165, 1.54) is 9.80 Å². The van der Waals surface area contributed by atoms with Gasteiger partial charge in [-0.25, -0.2) is 4.79 Å². The lowest BCUT2D eigenvalue weighted by molar-refractivity contribution is -0.151. The predicted molar refractivity (Wildman–Crippen MR) is 128 cm³/mol. The Bertz CT molecular complexity index is 1090. The monoisotopic (exact) mass is 479 g/mol. The van der Waals surface area contributed by atoms with Gasteiger partial charge in [-0.1, -0.05) is 55.5 Å². The van der Waals surface area contributed by atoms with Gasteiger partial charge >= 0.3 is 12.1 Å². The molecule has 1 fully saturated rings. The lowest BCUT2D eigenvalue weighted by Gasteiger charge is -2.34. The quantitative estimate of drug-likeness (QED) is 0.600. The van der Waals surface area contributed by atoms with E-state index < -0.39 is 18.0 Å². The number of fused-ring (bicyclic) bond motifs is 3. The van der Waals surface area contributed by atoms with Crippen LogP contribution in [0.4, 0.5) is 4.79 Å². The Kier molecular flexibility index (Phi) is 7.33. The number of rotatable bonds is 8. The van der Waals surface area contributed by atoms with Crippen LogP contribution in [0.25, 0.3) is 11.1 Å². The van der Waals surface area contributed by atoms with Crippen LogP contribution in [0.15, 0.2) is 48.5 Å². The highest BCUT2D eigenvalue weighted by atomic mass is 16.5. The minimum absolute atomic E-state index is 0.0222. The number of piperazine rings is 1. The van der Waals surface area contributed by atoms with Gasteiger partial charge in [0.25, 0.3) is 0 Å². The summed E-state index contributed by atoms with van der Waals surface area (Å²) in [7, 11) is 0. The maximum absolute atomic E-state index is 12.7. The molecule has 1 saturated heterocycles. The molecule has 4 rings (SSSR count). The van der Waals surface area contributed by atoms with E-state index in [2.05, 4.69) is 29.6 Å². The van der Waals surface area contributed by atoms with E-state index in [-0.39, 0.29) is 50.5 Å². The van der Waals surface area contributed by atoms with Gasteiger partial charge in [0.05, 0.1) is 6.54 Å². The molecule has 9 nitrogen and oxygen atoms in total. The number of carboxylic acids is 1. The Morgan fingerprint density at radius 1 is 1.06 bits per heavy atom. The topological polar surface area (TPSA) is 116 Å². The molecule has 2 aromatic rings. The van der Waals surface area contributed by atoms with Crippen LogP contribution in [0.3, 0.4) is 0 Å². The zero-order chi connectivity index (χ0) is 24.9. The summed E-state index contributed by atoms with van der Waals surface area (Å²) >= 11 is 0. The van der Waals surface area contributed by atoms with Crippen molar-refractivity contribution in [3.05, 3.63) is 59.7 Å². The van der Waals surface area contributed by atoms with E-state index >= 15 is 0 Å². The van der Waals surface area contributed by atoms with Gasteiger partial charge in [0.15, 0.2) is 0 Å². The number of alkyl carbamates (subject to hydrolysis) is 1. The van der Waals surface area contributed by atoms with Gasteiger partial charge < -0.3 is 25.0 Å². The first kappa shape index (κ1) is 24.3. The van der Waals surface area contributed by atoms with E-state index in [1.807, 2.05) is 24.3 Å². The van der Waals surface area contributed by atoms with Crippen molar-refractivity contribution >= 4 is 23.9 Å². The second-order valence-electron chi connectivity index (χ2n) is 8.91. The zero-order valence-corrected chi connectivity index (χ0v) is 19.6. The molecule has 184 valence electrons. The van der Waals surface area contributed by atoms with Crippen LogP contribution < -0.4 is 5.32 Å². The van der Waals surface area contributed by atoms with Crippen molar-refractivity contribution in [2.75, 3.05) is 39.3 Å². The number of hydrogen-bond acceptors (Lipinski definition) is 5. The molecule has 2 aromatic carbocycles. The van der Waals surface area contributed by atoms with E-state index in [9.17, 15) is 19.2 Å². The minimum Gasteiger partial charge on any atom is -0.480 e. The van der Waals surface area contributed by atoms with Crippen LogP contribution >= 0.6 is 0 Å². The summed E-state index contributed by atoms with van der Waals surface area (Å²) in [5.41, 5.74) is 4.59. The van der Waals surface area contributed by atoms with Crippen molar-refractivity contribution in [2.24, 2.45) is 5.92 Å². The maximum Gasteiger partial charge on any atom is 0.407 e. The fourth-order valence-electron chi connectivity index (χ4n) is 4.70. The molecule has 1 aliphatic carbocycles. The summed E-state index contributed by atoms with van der Waals surface area (Å²) in [6.45, 7) is 2.23. The third-order valence-electron chi connectivity index (χ3n) is 6.57. The number of nitrogens with one attached hydrogen (secondary N) is 1. The van der Waals surface area contributed by atoms with Gasteiger partial charge in [0.2, 0.25) is 11.8 Å². The Morgan fingerprint density at radius 2 is 1.69 bits per heavy atom. The van der Waals surface area contributed by atoms with Gasteiger partial charge in [-0.05, 0) is 28.7 Å². The Hall–Kier alpha value is -3.88. The normalized spacial score (nSPS) is 15.9. The molecule has 0 spiro atoms. The Balaban J connectivity index is 1.22. The van der Waals surface area contributed by atoms with Crippen molar-refractivity contribution < 1.29 is 29.0 Å². The number of ether oxygens (including phenoxy) is 1. The third kappa shape index (κ3) is 5.45. The molecule has 2 aliphatic rings. The third-order valence-corrected chi connectivity index (χ3v) is 6.57. The van der Waals surface area contributed by atoms with Gasteiger partial charge in [0.1, 0.15) is 13.2 Å². The Morgan fingerprint density at radius 3 is 2.29 bits per heavy atom. The fourth-order valence-corrected chi connectivity index (χ4v) is 4.70. The van der Waals surface area contributed by atoms with Crippen LogP contribution in [0.5, 0.6) is 0 Å². The molecule has 2 N–H and O–H groups in total. The molecule has 3 amide bonds.